The second-order valence-corrected chi connectivity index (χ2v) is 4.71. The van der Waals surface area contributed by atoms with Gasteiger partial charge in [0.25, 0.3) is 0 Å². The molecule has 1 aliphatic rings. The van der Waals surface area contributed by atoms with Crippen LogP contribution in [0.4, 0.5) is 17.1 Å². The minimum absolute atomic E-state index is 0.00784. The number of hydrogen-bond acceptors (Lipinski definition) is 4. The summed E-state index contributed by atoms with van der Waals surface area (Å²) in [6, 6.07) is 11.7. The summed E-state index contributed by atoms with van der Waals surface area (Å²) < 4.78 is 0. The molecule has 0 unspecified atom stereocenters. The fourth-order valence-electron chi connectivity index (χ4n) is 2.36. The largest absolute Gasteiger partial charge is 0.388 e. The van der Waals surface area contributed by atoms with Crippen molar-refractivity contribution in [3.8, 4) is 0 Å². The lowest BCUT2D eigenvalue weighted by Gasteiger charge is -2.30. The fourth-order valence-corrected chi connectivity index (χ4v) is 2.36. The minimum atomic E-state index is 0.00784. The maximum Gasteiger partial charge on any atom is 0.243 e. The highest BCUT2D eigenvalue weighted by atomic mass is 16.2. The van der Waals surface area contributed by atoms with Gasteiger partial charge in [-0.15, -0.1) is 0 Å². The molecule has 1 amide bonds. The molecule has 0 saturated heterocycles. The zero-order valence-corrected chi connectivity index (χ0v) is 11.3. The molecule has 1 aromatic heterocycles. The molecule has 1 aliphatic heterocycles. The monoisotopic (exact) mass is 268 g/mol. The first-order chi connectivity index (χ1) is 9.76. The van der Waals surface area contributed by atoms with E-state index in [4.69, 9.17) is 0 Å². The number of pyridine rings is 1. The number of nitrogens with zero attached hydrogens (tertiary/aromatic N) is 2. The Morgan fingerprint density at radius 3 is 3.05 bits per heavy atom. The van der Waals surface area contributed by atoms with Crippen LogP contribution in [0.3, 0.4) is 0 Å². The second kappa shape index (κ2) is 5.21. The van der Waals surface area contributed by atoms with Gasteiger partial charge in [0.2, 0.25) is 5.91 Å². The Bertz CT molecular complexity index is 641. The Labute approximate surface area is 117 Å². The predicted octanol–water partition coefficient (Wildman–Crippen LogP) is 2.08. The Balaban J connectivity index is 1.88. The van der Waals surface area contributed by atoms with Crippen molar-refractivity contribution >= 4 is 23.0 Å². The van der Waals surface area contributed by atoms with Crippen molar-refractivity contribution in [2.75, 3.05) is 29.1 Å². The van der Waals surface area contributed by atoms with Crippen LogP contribution in [-0.4, -0.2) is 24.5 Å². The standard InChI is InChI=1S/C15H16N4O/c1-16-11-6-7-17-12(8-11)9-19-10-15(20)18-13-4-2-3-5-14(13)19/h2-8H,9-10H2,1H3,(H,16,17)(H,18,20). The number of para-hydroxylation sites is 2. The van der Waals surface area contributed by atoms with Crippen molar-refractivity contribution in [2.45, 2.75) is 6.54 Å². The Morgan fingerprint density at radius 2 is 2.20 bits per heavy atom. The van der Waals surface area contributed by atoms with Crippen LogP contribution in [0.2, 0.25) is 0 Å². The summed E-state index contributed by atoms with van der Waals surface area (Å²) in [4.78, 5) is 18.2. The molecule has 3 rings (SSSR count). The molecule has 0 radical (unpaired) electrons. The lowest BCUT2D eigenvalue weighted by Crippen LogP contribution is -2.37. The van der Waals surface area contributed by atoms with Crippen molar-refractivity contribution in [3.05, 3.63) is 48.3 Å². The van der Waals surface area contributed by atoms with E-state index in [9.17, 15) is 4.79 Å². The van der Waals surface area contributed by atoms with Gasteiger partial charge in [-0.25, -0.2) is 0 Å². The van der Waals surface area contributed by atoms with Crippen LogP contribution in [0.5, 0.6) is 0 Å². The zero-order valence-electron chi connectivity index (χ0n) is 11.3. The molecule has 5 heteroatoms. The normalized spacial score (nSPS) is 13.7. The lowest BCUT2D eigenvalue weighted by atomic mass is 10.2. The number of carbonyl (C=O) groups is 1. The number of carbonyl (C=O) groups excluding carboxylic acids is 1. The van der Waals surface area contributed by atoms with Gasteiger partial charge in [0.15, 0.2) is 0 Å². The van der Waals surface area contributed by atoms with E-state index in [0.29, 0.717) is 13.1 Å². The topological polar surface area (TPSA) is 57.3 Å². The number of hydrogen-bond donors (Lipinski definition) is 2. The van der Waals surface area contributed by atoms with E-state index in [1.165, 1.54) is 0 Å². The van der Waals surface area contributed by atoms with Gasteiger partial charge in [-0.1, -0.05) is 12.1 Å². The third kappa shape index (κ3) is 2.42. The van der Waals surface area contributed by atoms with Crippen molar-refractivity contribution < 1.29 is 4.79 Å². The Kier molecular flexibility index (Phi) is 3.25. The molecule has 5 nitrogen and oxygen atoms in total. The Morgan fingerprint density at radius 1 is 1.35 bits per heavy atom. The highest BCUT2D eigenvalue weighted by Gasteiger charge is 2.21. The van der Waals surface area contributed by atoms with Crippen LogP contribution < -0.4 is 15.5 Å². The summed E-state index contributed by atoms with van der Waals surface area (Å²) in [5, 5.41) is 5.98. The van der Waals surface area contributed by atoms with Crippen LogP contribution in [0.25, 0.3) is 0 Å². The number of amides is 1. The van der Waals surface area contributed by atoms with Gasteiger partial charge < -0.3 is 15.5 Å². The number of nitrogens with one attached hydrogen (secondary N) is 2. The quantitative estimate of drug-likeness (QED) is 0.895. The minimum Gasteiger partial charge on any atom is -0.388 e. The zero-order chi connectivity index (χ0) is 13.9. The van der Waals surface area contributed by atoms with Crippen LogP contribution in [0.15, 0.2) is 42.6 Å². The summed E-state index contributed by atoms with van der Waals surface area (Å²) >= 11 is 0. The highest BCUT2D eigenvalue weighted by Crippen LogP contribution is 2.29. The van der Waals surface area contributed by atoms with E-state index in [-0.39, 0.29) is 5.91 Å². The van der Waals surface area contributed by atoms with Crippen LogP contribution in [0, 0.1) is 0 Å². The van der Waals surface area contributed by atoms with E-state index in [0.717, 1.165) is 22.8 Å². The molecule has 0 bridgehead atoms. The van der Waals surface area contributed by atoms with Gasteiger partial charge >= 0.3 is 0 Å². The molecule has 2 heterocycles. The molecule has 2 aromatic rings. The van der Waals surface area contributed by atoms with Crippen molar-refractivity contribution in [2.24, 2.45) is 0 Å². The van der Waals surface area contributed by atoms with Crippen LogP contribution in [-0.2, 0) is 11.3 Å². The number of anilines is 3. The molecule has 20 heavy (non-hydrogen) atoms. The van der Waals surface area contributed by atoms with Gasteiger partial charge in [0.05, 0.1) is 30.2 Å². The van der Waals surface area contributed by atoms with Crippen molar-refractivity contribution in [1.29, 1.82) is 0 Å². The molecule has 0 atom stereocenters. The summed E-state index contributed by atoms with van der Waals surface area (Å²) in [5.41, 5.74) is 3.84. The first kappa shape index (κ1) is 12.5. The summed E-state index contributed by atoms with van der Waals surface area (Å²) in [7, 11) is 1.88. The van der Waals surface area contributed by atoms with Crippen molar-refractivity contribution in [3.63, 3.8) is 0 Å². The lowest BCUT2D eigenvalue weighted by molar-refractivity contribution is -0.115. The smallest absolute Gasteiger partial charge is 0.243 e. The maximum atomic E-state index is 11.8. The molecular weight excluding hydrogens is 252 g/mol. The summed E-state index contributed by atoms with van der Waals surface area (Å²) in [6.45, 7) is 0.961. The second-order valence-electron chi connectivity index (χ2n) is 4.71. The molecule has 0 fully saturated rings. The molecule has 0 saturated carbocycles. The van der Waals surface area contributed by atoms with Gasteiger partial charge in [-0.05, 0) is 24.3 Å². The first-order valence-electron chi connectivity index (χ1n) is 6.53. The average molecular weight is 268 g/mol. The van der Waals surface area contributed by atoms with Crippen LogP contribution >= 0.6 is 0 Å². The van der Waals surface area contributed by atoms with E-state index >= 15 is 0 Å². The van der Waals surface area contributed by atoms with Gasteiger partial charge in [0.1, 0.15) is 0 Å². The summed E-state index contributed by atoms with van der Waals surface area (Å²) in [5.74, 6) is 0.00784. The average Bonchev–Trinajstić information content (AvgIpc) is 2.47. The molecule has 2 N–H and O–H groups in total. The third-order valence-electron chi connectivity index (χ3n) is 3.31. The van der Waals surface area contributed by atoms with E-state index in [1.54, 1.807) is 6.20 Å². The van der Waals surface area contributed by atoms with Gasteiger partial charge in [-0.2, -0.15) is 0 Å². The van der Waals surface area contributed by atoms with E-state index < -0.39 is 0 Å². The Hall–Kier alpha value is -2.56. The molecular formula is C15H16N4O. The number of fused-ring (bicyclic) bond motifs is 1. The number of benzene rings is 1. The SMILES string of the molecule is CNc1ccnc(CN2CC(=O)Nc3ccccc32)c1. The molecule has 1 aromatic carbocycles. The predicted molar refractivity (Wildman–Crippen MR) is 79.9 cm³/mol. The summed E-state index contributed by atoms with van der Waals surface area (Å²) in [6.07, 6.45) is 1.77. The van der Waals surface area contributed by atoms with Crippen LogP contribution in [0.1, 0.15) is 5.69 Å². The number of rotatable bonds is 3. The maximum absolute atomic E-state index is 11.8. The first-order valence-corrected chi connectivity index (χ1v) is 6.53. The fraction of sp³-hybridized carbons (Fsp3) is 0.200. The highest BCUT2D eigenvalue weighted by molar-refractivity contribution is 6.01. The van der Waals surface area contributed by atoms with Crippen molar-refractivity contribution in [1.82, 2.24) is 4.98 Å². The molecule has 0 spiro atoms. The van der Waals surface area contributed by atoms with Gasteiger partial charge in [-0.3, -0.25) is 9.78 Å². The van der Waals surface area contributed by atoms with Gasteiger partial charge in [0, 0.05) is 18.9 Å². The molecule has 102 valence electrons. The molecule has 0 aliphatic carbocycles. The van der Waals surface area contributed by atoms with E-state index in [2.05, 4.69) is 15.6 Å². The third-order valence-corrected chi connectivity index (χ3v) is 3.31. The van der Waals surface area contributed by atoms with E-state index in [1.807, 2.05) is 48.3 Å². The number of aromatic nitrogens is 1.